The molecule has 0 aromatic heterocycles. The van der Waals surface area contributed by atoms with Crippen LogP contribution in [0.25, 0.3) is 0 Å². The minimum Gasteiger partial charge on any atom is -0.221 e. The second-order valence-corrected chi connectivity index (χ2v) is 4.08. The highest BCUT2D eigenvalue weighted by molar-refractivity contribution is 5.32. The summed E-state index contributed by atoms with van der Waals surface area (Å²) in [6, 6.07) is -1.26. The topological polar surface area (TPSA) is 0 Å². The predicted octanol–water partition coefficient (Wildman–Crippen LogP) is 5.17. The van der Waals surface area contributed by atoms with Gasteiger partial charge in [0, 0.05) is 5.56 Å². The van der Waals surface area contributed by atoms with E-state index in [9.17, 15) is 57.1 Å². The van der Waals surface area contributed by atoms with Gasteiger partial charge in [-0.3, -0.25) is 0 Å². The van der Waals surface area contributed by atoms with E-state index in [2.05, 4.69) is 0 Å². The molecule has 0 fully saturated rings. The van der Waals surface area contributed by atoms with Crippen LogP contribution in [0, 0.1) is 23.3 Å². The van der Waals surface area contributed by atoms with Crippen molar-refractivity contribution in [3.63, 3.8) is 0 Å². The zero-order chi connectivity index (χ0) is 18.6. The SMILES string of the molecule is Fc1cc(C(F)(C(F)(F)F)C(F)(F)C(F)(F)F)c(F)c(F)c1F. The first kappa shape index (κ1) is 19.4. The van der Waals surface area contributed by atoms with Gasteiger partial charge >= 0.3 is 23.9 Å². The van der Waals surface area contributed by atoms with Crippen LogP contribution in [-0.4, -0.2) is 18.3 Å². The molecule has 1 unspecified atom stereocenters. The maximum atomic E-state index is 13.8. The fourth-order valence-electron chi connectivity index (χ4n) is 1.52. The van der Waals surface area contributed by atoms with Crippen LogP contribution in [0.15, 0.2) is 6.07 Å². The Morgan fingerprint density at radius 2 is 1.00 bits per heavy atom. The van der Waals surface area contributed by atoms with E-state index in [0.717, 1.165) is 0 Å². The largest absolute Gasteiger partial charge is 0.457 e. The number of hydrogen-bond acceptors (Lipinski definition) is 0. The zero-order valence-electron chi connectivity index (χ0n) is 9.99. The van der Waals surface area contributed by atoms with Crippen LogP contribution in [0.5, 0.6) is 0 Å². The van der Waals surface area contributed by atoms with Crippen LogP contribution < -0.4 is 0 Å². The van der Waals surface area contributed by atoms with Gasteiger partial charge in [-0.05, 0) is 6.07 Å². The molecule has 0 N–H and O–H groups in total. The summed E-state index contributed by atoms with van der Waals surface area (Å²) in [4.78, 5) is 0. The maximum absolute atomic E-state index is 13.8. The van der Waals surface area contributed by atoms with Crippen molar-refractivity contribution < 1.29 is 57.1 Å². The van der Waals surface area contributed by atoms with Gasteiger partial charge in [-0.25, -0.2) is 22.0 Å². The number of halogens is 13. The highest BCUT2D eigenvalue weighted by Crippen LogP contribution is 2.58. The lowest BCUT2D eigenvalue weighted by molar-refractivity contribution is -0.389. The van der Waals surface area contributed by atoms with Crippen LogP contribution in [0.4, 0.5) is 57.1 Å². The molecule has 0 nitrogen and oxygen atoms in total. The highest BCUT2D eigenvalue weighted by Gasteiger charge is 2.82. The Balaban J connectivity index is 3.92. The van der Waals surface area contributed by atoms with E-state index in [4.69, 9.17) is 0 Å². The van der Waals surface area contributed by atoms with Crippen molar-refractivity contribution in [1.82, 2.24) is 0 Å². The third kappa shape index (κ3) is 2.59. The molecule has 1 atom stereocenters. The van der Waals surface area contributed by atoms with E-state index < -0.39 is 58.8 Å². The Labute approximate surface area is 117 Å². The van der Waals surface area contributed by atoms with Gasteiger partial charge in [0.2, 0.25) is 0 Å². The summed E-state index contributed by atoms with van der Waals surface area (Å²) in [5.74, 6) is -19.5. The molecule has 0 amide bonds. The third-order valence-corrected chi connectivity index (χ3v) is 2.65. The summed E-state index contributed by atoms with van der Waals surface area (Å²) >= 11 is 0. The summed E-state index contributed by atoms with van der Waals surface area (Å²) in [6.07, 6.45) is -14.4. The first-order valence-electron chi connectivity index (χ1n) is 5.03. The molecule has 132 valence electrons. The van der Waals surface area contributed by atoms with Gasteiger partial charge in [0.1, 0.15) is 0 Å². The fourth-order valence-corrected chi connectivity index (χ4v) is 1.52. The van der Waals surface area contributed by atoms with Gasteiger partial charge in [0.05, 0.1) is 0 Å². The summed E-state index contributed by atoms with van der Waals surface area (Å²) in [5.41, 5.74) is -10.3. The molecule has 13 heteroatoms. The maximum Gasteiger partial charge on any atom is 0.457 e. The summed E-state index contributed by atoms with van der Waals surface area (Å²) in [6.45, 7) is 0. The van der Waals surface area contributed by atoms with Gasteiger partial charge in [0.15, 0.2) is 23.3 Å². The van der Waals surface area contributed by atoms with Crippen LogP contribution in [-0.2, 0) is 5.67 Å². The Morgan fingerprint density at radius 1 is 0.565 bits per heavy atom. The normalized spacial score (nSPS) is 16.4. The lowest BCUT2D eigenvalue weighted by Gasteiger charge is -2.36. The Kier molecular flexibility index (Phi) is 4.34. The van der Waals surface area contributed by atoms with Crippen molar-refractivity contribution in [1.29, 1.82) is 0 Å². The van der Waals surface area contributed by atoms with Crippen LogP contribution in [0.2, 0.25) is 0 Å². The second-order valence-electron chi connectivity index (χ2n) is 4.08. The average Bonchev–Trinajstić information content (AvgIpc) is 2.36. The highest BCUT2D eigenvalue weighted by atomic mass is 19.4. The monoisotopic (exact) mass is 368 g/mol. The molecular formula is C10HF13. The summed E-state index contributed by atoms with van der Waals surface area (Å²) in [7, 11) is 0. The fraction of sp³-hybridized carbons (Fsp3) is 0.400. The quantitative estimate of drug-likeness (QED) is 0.384. The molecule has 0 aliphatic rings. The van der Waals surface area contributed by atoms with E-state index in [1.165, 1.54) is 0 Å². The van der Waals surface area contributed by atoms with E-state index in [1.54, 1.807) is 0 Å². The molecule has 23 heavy (non-hydrogen) atoms. The summed E-state index contributed by atoms with van der Waals surface area (Å²) in [5, 5.41) is 0. The Bertz CT molecular complexity index is 611. The Morgan fingerprint density at radius 3 is 1.35 bits per heavy atom. The molecular weight excluding hydrogens is 367 g/mol. The number of hydrogen-bond donors (Lipinski definition) is 0. The van der Waals surface area contributed by atoms with Crippen molar-refractivity contribution in [2.45, 2.75) is 23.9 Å². The smallest absolute Gasteiger partial charge is 0.221 e. The van der Waals surface area contributed by atoms with Crippen molar-refractivity contribution in [3.05, 3.63) is 34.9 Å². The molecule has 0 aliphatic carbocycles. The average molecular weight is 368 g/mol. The van der Waals surface area contributed by atoms with Crippen molar-refractivity contribution in [2.24, 2.45) is 0 Å². The number of benzene rings is 1. The van der Waals surface area contributed by atoms with E-state index in [1.807, 2.05) is 0 Å². The zero-order valence-corrected chi connectivity index (χ0v) is 9.99. The molecule has 1 rings (SSSR count). The molecule has 0 heterocycles. The lowest BCUT2D eigenvalue weighted by atomic mass is 9.87. The molecule has 0 bridgehead atoms. The third-order valence-electron chi connectivity index (χ3n) is 2.65. The molecule has 0 radical (unpaired) electrons. The molecule has 0 saturated heterocycles. The van der Waals surface area contributed by atoms with Crippen LogP contribution in [0.1, 0.15) is 5.56 Å². The van der Waals surface area contributed by atoms with E-state index in [-0.39, 0.29) is 0 Å². The Hall–Kier alpha value is -1.69. The predicted molar refractivity (Wildman–Crippen MR) is 46.1 cm³/mol. The first-order valence-corrected chi connectivity index (χ1v) is 5.03. The lowest BCUT2D eigenvalue weighted by Crippen LogP contribution is -2.60. The van der Waals surface area contributed by atoms with E-state index in [0.29, 0.717) is 0 Å². The number of rotatable bonds is 2. The molecule has 1 aromatic rings. The van der Waals surface area contributed by atoms with Gasteiger partial charge in [0.25, 0.3) is 0 Å². The molecule has 1 aromatic carbocycles. The van der Waals surface area contributed by atoms with Crippen LogP contribution in [0.3, 0.4) is 0 Å². The molecule has 0 saturated carbocycles. The van der Waals surface area contributed by atoms with Gasteiger partial charge in [-0.15, -0.1) is 0 Å². The molecule has 0 aliphatic heterocycles. The minimum absolute atomic E-state index is 1.26. The second kappa shape index (κ2) is 5.16. The van der Waals surface area contributed by atoms with Crippen LogP contribution >= 0.6 is 0 Å². The molecule has 0 spiro atoms. The van der Waals surface area contributed by atoms with Crippen molar-refractivity contribution in [2.75, 3.05) is 0 Å². The van der Waals surface area contributed by atoms with E-state index >= 15 is 0 Å². The standard InChI is InChI=1S/C10HF13/c11-3-1-2(4(12)6(14)5(3)13)7(15,9(18,19)20)8(16,17)10(21,22)23/h1H. The van der Waals surface area contributed by atoms with Crippen molar-refractivity contribution in [3.8, 4) is 0 Å². The summed E-state index contributed by atoms with van der Waals surface area (Å²) < 4.78 is 165. The first-order chi connectivity index (χ1) is 10.00. The number of alkyl halides is 9. The van der Waals surface area contributed by atoms with Gasteiger partial charge < -0.3 is 0 Å². The van der Waals surface area contributed by atoms with Crippen molar-refractivity contribution >= 4 is 0 Å². The minimum atomic E-state index is -7.34. The van der Waals surface area contributed by atoms with Gasteiger partial charge in [-0.1, -0.05) is 0 Å². The van der Waals surface area contributed by atoms with Gasteiger partial charge in [-0.2, -0.15) is 35.1 Å².